The van der Waals surface area contributed by atoms with Gasteiger partial charge >= 0.3 is 0 Å². The molecule has 30 heavy (non-hydrogen) atoms. The van der Waals surface area contributed by atoms with Gasteiger partial charge in [-0.3, -0.25) is 9.59 Å². The Kier molecular flexibility index (Phi) is 5.94. The van der Waals surface area contributed by atoms with Gasteiger partial charge in [0.05, 0.1) is 24.7 Å². The van der Waals surface area contributed by atoms with E-state index in [1.165, 1.54) is 0 Å². The predicted molar refractivity (Wildman–Crippen MR) is 112 cm³/mol. The fourth-order valence-electron chi connectivity index (χ4n) is 3.55. The van der Waals surface area contributed by atoms with Crippen LogP contribution in [0.3, 0.4) is 0 Å². The lowest BCUT2D eigenvalue weighted by Crippen LogP contribution is -2.34. The highest BCUT2D eigenvalue weighted by atomic mass is 16.5. The van der Waals surface area contributed by atoms with Gasteiger partial charge in [-0.1, -0.05) is 18.2 Å². The molecule has 2 aromatic carbocycles. The number of nitrogens with one attached hydrogen (secondary N) is 2. The summed E-state index contributed by atoms with van der Waals surface area (Å²) >= 11 is 0. The maximum atomic E-state index is 12.7. The Morgan fingerprint density at radius 2 is 2.10 bits per heavy atom. The SMILES string of the molecule is COc1cccc(NC(=O)Cn2c(CNC(=O)C3CCCO3)nc3ccccc32)c1. The van der Waals surface area contributed by atoms with Crippen molar-refractivity contribution in [1.82, 2.24) is 14.9 Å². The molecule has 4 rings (SSSR count). The Bertz CT molecular complexity index is 1060. The highest BCUT2D eigenvalue weighted by molar-refractivity contribution is 5.92. The summed E-state index contributed by atoms with van der Waals surface area (Å²) in [7, 11) is 1.58. The van der Waals surface area contributed by atoms with E-state index in [0.717, 1.165) is 23.9 Å². The minimum atomic E-state index is -0.404. The Hall–Kier alpha value is -3.39. The largest absolute Gasteiger partial charge is 0.497 e. The number of carbonyl (C=O) groups excluding carboxylic acids is 2. The zero-order valence-electron chi connectivity index (χ0n) is 16.8. The van der Waals surface area contributed by atoms with Crippen LogP contribution >= 0.6 is 0 Å². The Labute approximate surface area is 174 Å². The van der Waals surface area contributed by atoms with E-state index in [4.69, 9.17) is 9.47 Å². The summed E-state index contributed by atoms with van der Waals surface area (Å²) in [6.07, 6.45) is 1.21. The van der Waals surface area contributed by atoms with Crippen LogP contribution in [-0.4, -0.2) is 41.2 Å². The number of aromatic nitrogens is 2. The van der Waals surface area contributed by atoms with Crippen molar-refractivity contribution in [3.05, 3.63) is 54.4 Å². The van der Waals surface area contributed by atoms with E-state index < -0.39 is 6.10 Å². The fourth-order valence-corrected chi connectivity index (χ4v) is 3.55. The van der Waals surface area contributed by atoms with Crippen LogP contribution in [0.2, 0.25) is 0 Å². The molecule has 1 fully saturated rings. The van der Waals surface area contributed by atoms with Gasteiger partial charge < -0.3 is 24.7 Å². The fraction of sp³-hybridized carbons (Fsp3) is 0.318. The van der Waals surface area contributed by atoms with Crippen molar-refractivity contribution >= 4 is 28.5 Å². The highest BCUT2D eigenvalue weighted by Crippen LogP contribution is 2.19. The molecule has 1 aliphatic heterocycles. The maximum Gasteiger partial charge on any atom is 0.249 e. The average molecular weight is 408 g/mol. The Morgan fingerprint density at radius 3 is 2.90 bits per heavy atom. The average Bonchev–Trinajstić information content (AvgIpc) is 3.41. The summed E-state index contributed by atoms with van der Waals surface area (Å²) in [4.78, 5) is 29.6. The molecule has 1 unspecified atom stereocenters. The van der Waals surface area contributed by atoms with Crippen molar-refractivity contribution in [2.24, 2.45) is 0 Å². The van der Waals surface area contributed by atoms with E-state index in [9.17, 15) is 9.59 Å². The first kappa shape index (κ1) is 19.9. The van der Waals surface area contributed by atoms with Crippen LogP contribution in [-0.2, 0) is 27.4 Å². The molecule has 0 radical (unpaired) electrons. The second-order valence-electron chi connectivity index (χ2n) is 7.10. The second-order valence-corrected chi connectivity index (χ2v) is 7.10. The zero-order chi connectivity index (χ0) is 20.9. The topological polar surface area (TPSA) is 94.5 Å². The molecule has 0 bridgehead atoms. The predicted octanol–water partition coefficient (Wildman–Crippen LogP) is 2.48. The smallest absolute Gasteiger partial charge is 0.249 e. The van der Waals surface area contributed by atoms with Crippen molar-refractivity contribution in [3.63, 3.8) is 0 Å². The number of nitrogens with zero attached hydrogens (tertiary/aromatic N) is 2. The summed E-state index contributed by atoms with van der Waals surface area (Å²) in [6.45, 7) is 0.906. The minimum absolute atomic E-state index is 0.0723. The van der Waals surface area contributed by atoms with Crippen LogP contribution < -0.4 is 15.4 Å². The Balaban J connectivity index is 1.50. The maximum absolute atomic E-state index is 12.7. The normalized spacial score (nSPS) is 15.8. The first-order chi connectivity index (χ1) is 14.6. The number of rotatable bonds is 7. The number of ether oxygens (including phenoxy) is 2. The van der Waals surface area contributed by atoms with Crippen molar-refractivity contribution in [1.29, 1.82) is 0 Å². The molecule has 2 N–H and O–H groups in total. The molecule has 1 saturated heterocycles. The molecular weight excluding hydrogens is 384 g/mol. The van der Waals surface area contributed by atoms with Crippen LogP contribution in [0.1, 0.15) is 18.7 Å². The molecular formula is C22H24N4O4. The molecule has 0 aliphatic carbocycles. The number of hydrogen-bond acceptors (Lipinski definition) is 5. The van der Waals surface area contributed by atoms with E-state index >= 15 is 0 Å². The van der Waals surface area contributed by atoms with Crippen LogP contribution in [0.4, 0.5) is 5.69 Å². The molecule has 2 amide bonds. The van der Waals surface area contributed by atoms with Gasteiger partial charge in [-0.25, -0.2) is 4.98 Å². The number of benzene rings is 2. The summed E-state index contributed by atoms with van der Waals surface area (Å²) in [5, 5.41) is 5.77. The van der Waals surface area contributed by atoms with Crippen molar-refractivity contribution in [3.8, 4) is 5.75 Å². The van der Waals surface area contributed by atoms with Crippen LogP contribution in [0.25, 0.3) is 11.0 Å². The van der Waals surface area contributed by atoms with Crippen LogP contribution in [0.5, 0.6) is 5.75 Å². The van der Waals surface area contributed by atoms with E-state index in [-0.39, 0.29) is 24.9 Å². The van der Waals surface area contributed by atoms with Crippen molar-refractivity contribution in [2.75, 3.05) is 19.0 Å². The summed E-state index contributed by atoms with van der Waals surface area (Å²) < 4.78 is 12.4. The van der Waals surface area contributed by atoms with Crippen molar-refractivity contribution in [2.45, 2.75) is 32.0 Å². The van der Waals surface area contributed by atoms with E-state index in [2.05, 4.69) is 15.6 Å². The van der Waals surface area contributed by atoms with Gasteiger partial charge in [0.2, 0.25) is 11.8 Å². The summed E-state index contributed by atoms with van der Waals surface area (Å²) in [5.41, 5.74) is 2.25. The van der Waals surface area contributed by atoms with E-state index in [0.29, 0.717) is 23.9 Å². The lowest BCUT2D eigenvalue weighted by molar-refractivity contribution is -0.130. The van der Waals surface area contributed by atoms with Gasteiger partial charge in [-0.15, -0.1) is 0 Å². The van der Waals surface area contributed by atoms with Gasteiger partial charge in [-0.05, 0) is 37.1 Å². The summed E-state index contributed by atoms with van der Waals surface area (Å²) in [5.74, 6) is 0.937. The number of imidazole rings is 1. The number of hydrogen-bond donors (Lipinski definition) is 2. The third-order valence-corrected chi connectivity index (χ3v) is 5.03. The molecule has 1 aromatic heterocycles. The molecule has 0 spiro atoms. The van der Waals surface area contributed by atoms with Crippen molar-refractivity contribution < 1.29 is 19.1 Å². The lowest BCUT2D eigenvalue weighted by atomic mass is 10.2. The molecule has 8 nitrogen and oxygen atoms in total. The third-order valence-electron chi connectivity index (χ3n) is 5.03. The molecule has 0 saturated carbocycles. The van der Waals surface area contributed by atoms with Crippen LogP contribution in [0, 0.1) is 0 Å². The quantitative estimate of drug-likeness (QED) is 0.626. The van der Waals surface area contributed by atoms with Crippen LogP contribution in [0.15, 0.2) is 48.5 Å². The van der Waals surface area contributed by atoms with Gasteiger partial charge in [0.1, 0.15) is 24.2 Å². The number of fused-ring (bicyclic) bond motifs is 1. The first-order valence-corrected chi connectivity index (χ1v) is 9.91. The highest BCUT2D eigenvalue weighted by Gasteiger charge is 2.24. The number of methoxy groups -OCH3 is 1. The van der Waals surface area contributed by atoms with E-state index in [1.807, 2.05) is 41.0 Å². The molecule has 156 valence electrons. The van der Waals surface area contributed by atoms with Gasteiger partial charge in [-0.2, -0.15) is 0 Å². The molecule has 2 heterocycles. The minimum Gasteiger partial charge on any atom is -0.497 e. The lowest BCUT2D eigenvalue weighted by Gasteiger charge is -2.13. The second kappa shape index (κ2) is 8.96. The zero-order valence-corrected chi connectivity index (χ0v) is 16.8. The molecule has 1 atom stereocenters. The standard InChI is InChI=1S/C22H24N4O4/c1-29-16-7-4-6-15(12-16)24-21(27)14-26-18-9-3-2-8-17(18)25-20(26)13-23-22(28)19-10-5-11-30-19/h2-4,6-9,12,19H,5,10-11,13-14H2,1H3,(H,23,28)(H,24,27). The van der Waals surface area contributed by atoms with Gasteiger partial charge in [0.25, 0.3) is 0 Å². The number of para-hydroxylation sites is 2. The number of anilines is 1. The van der Waals surface area contributed by atoms with Gasteiger partial charge in [0, 0.05) is 18.4 Å². The molecule has 3 aromatic rings. The number of carbonyl (C=O) groups is 2. The first-order valence-electron chi connectivity index (χ1n) is 9.91. The van der Waals surface area contributed by atoms with Gasteiger partial charge in [0.15, 0.2) is 0 Å². The van der Waals surface area contributed by atoms with E-state index in [1.54, 1.807) is 19.2 Å². The number of amides is 2. The summed E-state index contributed by atoms with van der Waals surface area (Å²) in [6, 6.07) is 14.8. The monoisotopic (exact) mass is 408 g/mol. The molecule has 8 heteroatoms. The Morgan fingerprint density at radius 1 is 1.23 bits per heavy atom. The third kappa shape index (κ3) is 4.44. The molecule has 1 aliphatic rings.